The third-order valence-electron chi connectivity index (χ3n) is 3.13. The number of aryl methyl sites for hydroxylation is 1. The van der Waals surface area contributed by atoms with Gasteiger partial charge < -0.3 is 9.13 Å². The molecule has 0 saturated heterocycles. The molecule has 0 aliphatic carbocycles. The van der Waals surface area contributed by atoms with Crippen molar-refractivity contribution in [2.75, 3.05) is 0 Å². The Morgan fingerprint density at radius 3 is 2.33 bits per heavy atom. The van der Waals surface area contributed by atoms with Crippen LogP contribution in [0.1, 0.15) is 25.5 Å². The molecule has 2 aromatic rings. The highest BCUT2D eigenvalue weighted by Gasteiger charge is 2.11. The van der Waals surface area contributed by atoms with Gasteiger partial charge in [0.05, 0.1) is 6.04 Å². The van der Waals surface area contributed by atoms with Gasteiger partial charge in [0, 0.05) is 18.9 Å². The molecule has 0 spiro atoms. The summed E-state index contributed by atoms with van der Waals surface area (Å²) in [6, 6.07) is 9.52. The summed E-state index contributed by atoms with van der Waals surface area (Å²) in [7, 11) is 0. The molecule has 1 unspecified atom stereocenters. The molecule has 4 nitrogen and oxygen atoms in total. The largest absolute Gasteiger partial charge is 0.317 e. The second-order valence-corrected chi connectivity index (χ2v) is 4.19. The summed E-state index contributed by atoms with van der Waals surface area (Å²) < 4.78 is 2.89. The molecule has 0 fully saturated rings. The van der Waals surface area contributed by atoms with E-state index in [9.17, 15) is 9.59 Å². The minimum absolute atomic E-state index is 0.141. The van der Waals surface area contributed by atoms with Crippen molar-refractivity contribution in [2.24, 2.45) is 0 Å². The monoisotopic (exact) mass is 244 g/mol. The Hall–Kier alpha value is -2.10. The molecule has 0 saturated carbocycles. The lowest BCUT2D eigenvalue weighted by Crippen LogP contribution is -2.41. The predicted octanol–water partition coefficient (Wildman–Crippen LogP) is 1.64. The molecule has 0 bridgehead atoms. The Kier molecular flexibility index (Phi) is 3.46. The number of aromatic nitrogens is 2. The molecule has 0 amide bonds. The fraction of sp³-hybridized carbons (Fsp3) is 0.286. The molecule has 94 valence electrons. The maximum atomic E-state index is 12.0. The minimum atomic E-state index is -0.476. The summed E-state index contributed by atoms with van der Waals surface area (Å²) in [6.07, 6.45) is 3.33. The summed E-state index contributed by atoms with van der Waals surface area (Å²) in [5.41, 5.74) is 0.0618. The molecule has 2 rings (SSSR count). The van der Waals surface area contributed by atoms with Crippen LogP contribution in [0.15, 0.2) is 52.3 Å². The van der Waals surface area contributed by atoms with Crippen LogP contribution in [0.2, 0.25) is 0 Å². The number of hydrogen-bond donors (Lipinski definition) is 0. The second kappa shape index (κ2) is 5.04. The number of rotatable bonds is 3. The average Bonchev–Trinajstić information content (AvgIpc) is 2.42. The van der Waals surface area contributed by atoms with Crippen LogP contribution in [0.4, 0.5) is 0 Å². The van der Waals surface area contributed by atoms with Crippen molar-refractivity contribution in [3.05, 3.63) is 69.0 Å². The highest BCUT2D eigenvalue weighted by atomic mass is 16.2. The maximum Gasteiger partial charge on any atom is 0.317 e. The molecule has 18 heavy (non-hydrogen) atoms. The van der Waals surface area contributed by atoms with E-state index < -0.39 is 11.1 Å². The van der Waals surface area contributed by atoms with E-state index in [2.05, 4.69) is 0 Å². The SMILES string of the molecule is CCn1ccn(C(C)c2ccccc2)c(=O)c1=O. The summed E-state index contributed by atoms with van der Waals surface area (Å²) in [5.74, 6) is 0. The molecule has 0 aliphatic heterocycles. The number of hydrogen-bond acceptors (Lipinski definition) is 2. The van der Waals surface area contributed by atoms with E-state index in [0.717, 1.165) is 5.56 Å². The molecule has 0 N–H and O–H groups in total. The van der Waals surface area contributed by atoms with Gasteiger partial charge in [0.2, 0.25) is 0 Å². The van der Waals surface area contributed by atoms with Gasteiger partial charge in [0.15, 0.2) is 0 Å². The lowest BCUT2D eigenvalue weighted by atomic mass is 10.1. The van der Waals surface area contributed by atoms with E-state index in [-0.39, 0.29) is 6.04 Å². The highest BCUT2D eigenvalue weighted by molar-refractivity contribution is 5.19. The highest BCUT2D eigenvalue weighted by Crippen LogP contribution is 2.14. The van der Waals surface area contributed by atoms with Crippen LogP contribution in [0.25, 0.3) is 0 Å². The molecule has 1 aromatic carbocycles. The van der Waals surface area contributed by atoms with Gasteiger partial charge >= 0.3 is 11.1 Å². The van der Waals surface area contributed by atoms with E-state index >= 15 is 0 Å². The van der Waals surface area contributed by atoms with E-state index in [0.29, 0.717) is 6.54 Å². The Morgan fingerprint density at radius 2 is 1.72 bits per heavy atom. The summed E-state index contributed by atoms with van der Waals surface area (Å²) >= 11 is 0. The quantitative estimate of drug-likeness (QED) is 0.770. The van der Waals surface area contributed by atoms with Crippen LogP contribution in [0.3, 0.4) is 0 Å². The smallest absolute Gasteiger partial charge is 0.310 e. The Bertz CT molecular complexity index is 641. The topological polar surface area (TPSA) is 44.0 Å². The number of benzene rings is 1. The van der Waals surface area contributed by atoms with Gasteiger partial charge in [-0.1, -0.05) is 30.3 Å². The molecular formula is C14H16N2O2. The zero-order valence-corrected chi connectivity index (χ0v) is 10.5. The minimum Gasteiger partial charge on any atom is -0.310 e. The molecule has 1 heterocycles. The van der Waals surface area contributed by atoms with Crippen molar-refractivity contribution in [3.63, 3.8) is 0 Å². The Balaban J connectivity index is 2.51. The van der Waals surface area contributed by atoms with Crippen LogP contribution in [0, 0.1) is 0 Å². The van der Waals surface area contributed by atoms with Gasteiger partial charge in [0.25, 0.3) is 0 Å². The van der Waals surface area contributed by atoms with Crippen molar-refractivity contribution in [1.82, 2.24) is 9.13 Å². The van der Waals surface area contributed by atoms with Gasteiger partial charge in [-0.2, -0.15) is 0 Å². The molecule has 1 atom stereocenters. The standard InChI is InChI=1S/C14H16N2O2/c1-3-15-9-10-16(14(18)13(15)17)11(2)12-7-5-4-6-8-12/h4-11H,3H2,1-2H3. The Labute approximate surface area is 105 Å². The van der Waals surface area contributed by atoms with Gasteiger partial charge in [-0.15, -0.1) is 0 Å². The van der Waals surface area contributed by atoms with Gasteiger partial charge in [0.1, 0.15) is 0 Å². The van der Waals surface area contributed by atoms with Gasteiger partial charge in [-0.3, -0.25) is 9.59 Å². The van der Waals surface area contributed by atoms with Crippen LogP contribution in [-0.2, 0) is 6.54 Å². The summed E-state index contributed by atoms with van der Waals surface area (Å²) in [6.45, 7) is 4.26. The normalized spacial score (nSPS) is 12.3. The molecule has 1 aromatic heterocycles. The van der Waals surface area contributed by atoms with Crippen molar-refractivity contribution in [1.29, 1.82) is 0 Å². The second-order valence-electron chi connectivity index (χ2n) is 4.19. The van der Waals surface area contributed by atoms with Crippen molar-refractivity contribution in [3.8, 4) is 0 Å². The molecule has 0 radical (unpaired) electrons. The maximum absolute atomic E-state index is 12.0. The van der Waals surface area contributed by atoms with Crippen molar-refractivity contribution < 1.29 is 0 Å². The van der Waals surface area contributed by atoms with Crippen LogP contribution < -0.4 is 11.1 Å². The third kappa shape index (κ3) is 2.14. The molecule has 4 heteroatoms. The van der Waals surface area contributed by atoms with Crippen molar-refractivity contribution in [2.45, 2.75) is 26.4 Å². The summed E-state index contributed by atoms with van der Waals surface area (Å²) in [5, 5.41) is 0. The van der Waals surface area contributed by atoms with E-state index in [1.54, 1.807) is 12.4 Å². The first-order chi connectivity index (χ1) is 8.65. The lowest BCUT2D eigenvalue weighted by molar-refractivity contribution is 0.577. The molecular weight excluding hydrogens is 228 g/mol. The fourth-order valence-electron chi connectivity index (χ4n) is 1.97. The first-order valence-corrected chi connectivity index (χ1v) is 6.01. The third-order valence-corrected chi connectivity index (χ3v) is 3.13. The van der Waals surface area contributed by atoms with E-state index in [1.165, 1.54) is 9.13 Å². The van der Waals surface area contributed by atoms with Crippen LogP contribution in [-0.4, -0.2) is 9.13 Å². The first kappa shape index (κ1) is 12.4. The molecule has 0 aliphatic rings. The average molecular weight is 244 g/mol. The summed E-state index contributed by atoms with van der Waals surface area (Å²) in [4.78, 5) is 23.8. The van der Waals surface area contributed by atoms with E-state index in [4.69, 9.17) is 0 Å². The van der Waals surface area contributed by atoms with Gasteiger partial charge in [-0.25, -0.2) is 0 Å². The van der Waals surface area contributed by atoms with Crippen molar-refractivity contribution >= 4 is 0 Å². The van der Waals surface area contributed by atoms with E-state index in [1.807, 2.05) is 44.2 Å². The zero-order chi connectivity index (χ0) is 13.1. The Morgan fingerprint density at radius 1 is 1.06 bits per heavy atom. The van der Waals surface area contributed by atoms with Crippen LogP contribution >= 0.6 is 0 Å². The van der Waals surface area contributed by atoms with Gasteiger partial charge in [-0.05, 0) is 19.4 Å². The number of nitrogens with zero attached hydrogens (tertiary/aromatic N) is 2. The predicted molar refractivity (Wildman–Crippen MR) is 70.9 cm³/mol. The first-order valence-electron chi connectivity index (χ1n) is 6.01. The zero-order valence-electron chi connectivity index (χ0n) is 10.5. The van der Waals surface area contributed by atoms with Crippen LogP contribution in [0.5, 0.6) is 0 Å². The fourth-order valence-corrected chi connectivity index (χ4v) is 1.97. The lowest BCUT2D eigenvalue weighted by Gasteiger charge is -2.15.